The lowest BCUT2D eigenvalue weighted by molar-refractivity contribution is 0.112. The van der Waals surface area contributed by atoms with Gasteiger partial charge in [-0.2, -0.15) is 0 Å². The van der Waals surface area contributed by atoms with Gasteiger partial charge in [0, 0.05) is 28.2 Å². The highest BCUT2D eigenvalue weighted by molar-refractivity contribution is 9.10. The molecular formula is C12H10BrNO. The van der Waals surface area contributed by atoms with Gasteiger partial charge in [-0.3, -0.25) is 4.79 Å². The van der Waals surface area contributed by atoms with Crippen LogP contribution in [0.5, 0.6) is 0 Å². The van der Waals surface area contributed by atoms with E-state index in [2.05, 4.69) is 26.6 Å². The van der Waals surface area contributed by atoms with Crippen LogP contribution in [0.2, 0.25) is 0 Å². The van der Waals surface area contributed by atoms with Gasteiger partial charge in [0.15, 0.2) is 6.29 Å². The Morgan fingerprint density at radius 1 is 1.40 bits per heavy atom. The van der Waals surface area contributed by atoms with Gasteiger partial charge in [0.05, 0.1) is 5.52 Å². The smallest absolute Gasteiger partial charge is 0.152 e. The van der Waals surface area contributed by atoms with Crippen molar-refractivity contribution in [2.24, 2.45) is 0 Å². The Hall–Kier alpha value is -1.09. The van der Waals surface area contributed by atoms with Gasteiger partial charge >= 0.3 is 0 Å². The SMILES string of the molecule is O=Cc1cn2c3c(cc(Br)cc13)CCC2. The minimum Gasteiger partial charge on any atom is -0.347 e. The minimum atomic E-state index is 0.800. The molecule has 0 atom stereocenters. The van der Waals surface area contributed by atoms with Gasteiger partial charge in [0.25, 0.3) is 0 Å². The third-order valence-corrected chi connectivity index (χ3v) is 3.48. The summed E-state index contributed by atoms with van der Waals surface area (Å²) in [6.45, 7) is 1.03. The molecule has 0 radical (unpaired) electrons. The molecule has 0 unspecified atom stereocenters. The first-order valence-corrected chi connectivity index (χ1v) is 5.85. The average molecular weight is 264 g/mol. The van der Waals surface area contributed by atoms with Gasteiger partial charge < -0.3 is 4.57 Å². The van der Waals surface area contributed by atoms with Gasteiger partial charge in [-0.1, -0.05) is 15.9 Å². The molecule has 1 aromatic heterocycles. The Bertz CT molecular complexity index is 556. The predicted octanol–water partition coefficient (Wildman–Crippen LogP) is 3.16. The molecule has 2 aromatic rings. The van der Waals surface area contributed by atoms with Crippen LogP contribution < -0.4 is 0 Å². The Kier molecular flexibility index (Phi) is 1.96. The number of aromatic nitrogens is 1. The highest BCUT2D eigenvalue weighted by Crippen LogP contribution is 2.31. The minimum absolute atomic E-state index is 0.800. The largest absolute Gasteiger partial charge is 0.347 e. The van der Waals surface area contributed by atoms with Gasteiger partial charge in [0.1, 0.15) is 0 Å². The van der Waals surface area contributed by atoms with E-state index in [1.54, 1.807) is 0 Å². The molecule has 0 N–H and O–H groups in total. The molecule has 0 fully saturated rings. The molecule has 0 spiro atoms. The lowest BCUT2D eigenvalue weighted by atomic mass is 10.0. The Balaban J connectivity index is 2.48. The van der Waals surface area contributed by atoms with E-state index in [-0.39, 0.29) is 0 Å². The molecule has 2 nitrogen and oxygen atoms in total. The molecule has 1 aliphatic heterocycles. The highest BCUT2D eigenvalue weighted by atomic mass is 79.9. The Labute approximate surface area is 96.0 Å². The zero-order valence-electron chi connectivity index (χ0n) is 8.16. The second-order valence-electron chi connectivity index (χ2n) is 3.96. The number of nitrogens with zero attached hydrogens (tertiary/aromatic N) is 1. The van der Waals surface area contributed by atoms with E-state index in [1.807, 2.05) is 12.3 Å². The Morgan fingerprint density at radius 3 is 3.07 bits per heavy atom. The molecule has 3 heteroatoms. The average Bonchev–Trinajstić information content (AvgIpc) is 2.58. The predicted molar refractivity (Wildman–Crippen MR) is 63.3 cm³/mol. The summed E-state index contributed by atoms with van der Waals surface area (Å²) in [5.41, 5.74) is 3.39. The summed E-state index contributed by atoms with van der Waals surface area (Å²) in [6.07, 6.45) is 5.18. The maximum atomic E-state index is 11.0. The van der Waals surface area contributed by atoms with E-state index >= 15 is 0 Å². The number of carbonyl (C=O) groups is 1. The van der Waals surface area contributed by atoms with Gasteiger partial charge in [-0.05, 0) is 30.5 Å². The van der Waals surface area contributed by atoms with E-state index in [4.69, 9.17) is 0 Å². The van der Waals surface area contributed by atoms with Gasteiger partial charge in [-0.15, -0.1) is 0 Å². The molecular weight excluding hydrogens is 254 g/mol. The van der Waals surface area contributed by atoms with Crippen molar-refractivity contribution in [3.05, 3.63) is 33.9 Å². The third kappa shape index (κ3) is 1.26. The van der Waals surface area contributed by atoms with Crippen LogP contribution in [-0.2, 0) is 13.0 Å². The second-order valence-corrected chi connectivity index (χ2v) is 4.88. The zero-order chi connectivity index (χ0) is 10.4. The lowest BCUT2D eigenvalue weighted by Gasteiger charge is -2.15. The number of aryl methyl sites for hydroxylation is 2. The van der Waals surface area contributed by atoms with Crippen molar-refractivity contribution in [2.75, 3.05) is 0 Å². The summed E-state index contributed by atoms with van der Waals surface area (Å²) in [5.74, 6) is 0. The molecule has 0 amide bonds. The molecule has 0 saturated heterocycles. The van der Waals surface area contributed by atoms with E-state index in [1.165, 1.54) is 11.1 Å². The summed E-state index contributed by atoms with van der Waals surface area (Å²) in [7, 11) is 0. The van der Waals surface area contributed by atoms with Crippen LogP contribution in [0.3, 0.4) is 0 Å². The monoisotopic (exact) mass is 263 g/mol. The van der Waals surface area contributed by atoms with Crippen molar-refractivity contribution in [3.8, 4) is 0 Å². The second kappa shape index (κ2) is 3.20. The van der Waals surface area contributed by atoms with Crippen LogP contribution in [0.25, 0.3) is 10.9 Å². The molecule has 15 heavy (non-hydrogen) atoms. The quantitative estimate of drug-likeness (QED) is 0.725. The fourth-order valence-corrected chi connectivity index (χ4v) is 2.92. The number of aldehydes is 1. The summed E-state index contributed by atoms with van der Waals surface area (Å²) >= 11 is 3.50. The first-order chi connectivity index (χ1) is 7.29. The molecule has 2 heterocycles. The van der Waals surface area contributed by atoms with E-state index < -0.39 is 0 Å². The number of halogens is 1. The van der Waals surface area contributed by atoms with Crippen molar-refractivity contribution in [3.63, 3.8) is 0 Å². The van der Waals surface area contributed by atoms with Crippen LogP contribution in [-0.4, -0.2) is 10.9 Å². The maximum absolute atomic E-state index is 11.0. The number of hydrogen-bond donors (Lipinski definition) is 0. The maximum Gasteiger partial charge on any atom is 0.152 e. The van der Waals surface area contributed by atoms with Crippen LogP contribution in [0, 0.1) is 0 Å². The molecule has 0 saturated carbocycles. The first kappa shape index (κ1) is 9.16. The van der Waals surface area contributed by atoms with Crippen LogP contribution in [0.1, 0.15) is 22.3 Å². The zero-order valence-corrected chi connectivity index (χ0v) is 9.75. The Morgan fingerprint density at radius 2 is 2.27 bits per heavy atom. The van der Waals surface area contributed by atoms with Crippen molar-refractivity contribution in [1.29, 1.82) is 0 Å². The topological polar surface area (TPSA) is 22.0 Å². The third-order valence-electron chi connectivity index (χ3n) is 3.02. The van der Waals surface area contributed by atoms with E-state index in [0.29, 0.717) is 0 Å². The molecule has 76 valence electrons. The molecule has 1 aromatic carbocycles. The summed E-state index contributed by atoms with van der Waals surface area (Å²) in [5, 5.41) is 1.08. The van der Waals surface area contributed by atoms with Gasteiger partial charge in [0.2, 0.25) is 0 Å². The van der Waals surface area contributed by atoms with E-state index in [0.717, 1.165) is 41.1 Å². The molecule has 0 aliphatic carbocycles. The van der Waals surface area contributed by atoms with Crippen LogP contribution >= 0.6 is 15.9 Å². The fourth-order valence-electron chi connectivity index (χ4n) is 2.42. The number of hydrogen-bond acceptors (Lipinski definition) is 1. The summed E-state index contributed by atoms with van der Waals surface area (Å²) < 4.78 is 3.26. The standard InChI is InChI=1S/C12H10BrNO/c13-10-4-8-2-1-3-14-6-9(7-15)11(5-10)12(8)14/h4-7H,1-3H2. The van der Waals surface area contributed by atoms with Crippen LogP contribution in [0.15, 0.2) is 22.8 Å². The molecule has 3 rings (SSSR count). The van der Waals surface area contributed by atoms with Crippen LogP contribution in [0.4, 0.5) is 0 Å². The number of benzene rings is 1. The lowest BCUT2D eigenvalue weighted by Crippen LogP contribution is -2.06. The summed E-state index contributed by atoms with van der Waals surface area (Å²) in [6, 6.07) is 4.19. The van der Waals surface area contributed by atoms with Crippen molar-refractivity contribution in [2.45, 2.75) is 19.4 Å². The first-order valence-electron chi connectivity index (χ1n) is 5.06. The van der Waals surface area contributed by atoms with Crippen molar-refractivity contribution < 1.29 is 4.79 Å². The van der Waals surface area contributed by atoms with Crippen molar-refractivity contribution >= 4 is 33.1 Å². The van der Waals surface area contributed by atoms with Crippen molar-refractivity contribution in [1.82, 2.24) is 4.57 Å². The molecule has 0 bridgehead atoms. The normalized spacial score (nSPS) is 14.5. The van der Waals surface area contributed by atoms with E-state index in [9.17, 15) is 4.79 Å². The summed E-state index contributed by atoms with van der Waals surface area (Å²) in [4.78, 5) is 11.0. The number of carbonyl (C=O) groups excluding carboxylic acids is 1. The molecule has 1 aliphatic rings. The van der Waals surface area contributed by atoms with Gasteiger partial charge in [-0.25, -0.2) is 0 Å². The number of rotatable bonds is 1. The fraction of sp³-hybridized carbons (Fsp3) is 0.250. The highest BCUT2D eigenvalue weighted by Gasteiger charge is 2.16.